The van der Waals surface area contributed by atoms with Gasteiger partial charge in [-0.15, -0.1) is 0 Å². The zero-order valence-electron chi connectivity index (χ0n) is 21.0. The number of hydrogen-bond acceptors (Lipinski definition) is 3. The standard InChI is InChI=1S/C28H51NO2/c1-5-8-15-28(4,31)16-12-14-25-26-21-23(20-24(26)22-27(25)30)13-10-9-11-19-29(17-6-2)18-7-3/h12,14,20,24-27,30-31H,5-11,13,15-19,21-22H2,1-4H3/t24-,25+,26-,27+,28-/m0/s1. The van der Waals surface area contributed by atoms with Gasteiger partial charge in [0.1, 0.15) is 0 Å². The van der Waals surface area contributed by atoms with E-state index in [1.807, 2.05) is 6.92 Å². The lowest BCUT2D eigenvalue weighted by atomic mass is 9.87. The van der Waals surface area contributed by atoms with Gasteiger partial charge in [0.2, 0.25) is 0 Å². The number of unbranched alkanes of at least 4 members (excludes halogenated alkanes) is 3. The van der Waals surface area contributed by atoms with Gasteiger partial charge in [-0.3, -0.25) is 0 Å². The van der Waals surface area contributed by atoms with Gasteiger partial charge in [-0.25, -0.2) is 0 Å². The number of fused-ring (bicyclic) bond motifs is 1. The van der Waals surface area contributed by atoms with Gasteiger partial charge in [0, 0.05) is 5.92 Å². The van der Waals surface area contributed by atoms with Crippen LogP contribution < -0.4 is 0 Å². The summed E-state index contributed by atoms with van der Waals surface area (Å²) in [5.41, 5.74) is 1.02. The first kappa shape index (κ1) is 26.6. The van der Waals surface area contributed by atoms with Crippen molar-refractivity contribution in [3.8, 4) is 0 Å². The SMILES string of the molecule is CCCC[C@](C)(O)CC=C[C@@H]1[C@H]2CC(CCCCCN(CCC)CCC)=C[C@H]2C[C@H]1O. The average Bonchev–Trinajstić information content (AvgIpc) is 3.23. The fourth-order valence-electron chi connectivity index (χ4n) is 5.76. The Bertz CT molecular complexity index is 547. The minimum atomic E-state index is -0.613. The smallest absolute Gasteiger partial charge is 0.0654 e. The van der Waals surface area contributed by atoms with Crippen molar-refractivity contribution in [3.63, 3.8) is 0 Å². The van der Waals surface area contributed by atoms with Gasteiger partial charge in [-0.05, 0) is 96.2 Å². The van der Waals surface area contributed by atoms with Crippen molar-refractivity contribution >= 4 is 0 Å². The van der Waals surface area contributed by atoms with Gasteiger partial charge < -0.3 is 15.1 Å². The quantitative estimate of drug-likeness (QED) is 0.216. The van der Waals surface area contributed by atoms with E-state index in [-0.39, 0.29) is 12.0 Å². The van der Waals surface area contributed by atoms with Crippen LogP contribution in [-0.2, 0) is 0 Å². The molecule has 2 aliphatic rings. The van der Waals surface area contributed by atoms with Crippen molar-refractivity contribution in [3.05, 3.63) is 23.8 Å². The van der Waals surface area contributed by atoms with Crippen molar-refractivity contribution < 1.29 is 10.2 Å². The third-order valence-corrected chi connectivity index (χ3v) is 7.49. The second kappa shape index (κ2) is 13.8. The Labute approximate surface area is 193 Å². The second-order valence-electron chi connectivity index (χ2n) is 10.6. The summed E-state index contributed by atoms with van der Waals surface area (Å²) in [5, 5.41) is 21.1. The highest BCUT2D eigenvalue weighted by molar-refractivity contribution is 5.20. The minimum Gasteiger partial charge on any atom is -0.392 e. The molecular formula is C28H51NO2. The topological polar surface area (TPSA) is 43.7 Å². The molecule has 1 saturated carbocycles. The van der Waals surface area contributed by atoms with Gasteiger partial charge in [0.25, 0.3) is 0 Å². The molecular weight excluding hydrogens is 382 g/mol. The Morgan fingerprint density at radius 3 is 2.45 bits per heavy atom. The number of aliphatic hydroxyl groups excluding tert-OH is 1. The second-order valence-corrected chi connectivity index (χ2v) is 10.6. The Kier molecular flexibility index (Phi) is 11.8. The molecule has 0 amide bonds. The molecule has 2 N–H and O–H groups in total. The third kappa shape index (κ3) is 9.02. The van der Waals surface area contributed by atoms with Gasteiger partial charge in [0.05, 0.1) is 11.7 Å². The largest absolute Gasteiger partial charge is 0.392 e. The fraction of sp³-hybridized carbons (Fsp3) is 0.857. The number of hydrogen-bond donors (Lipinski definition) is 2. The lowest BCUT2D eigenvalue weighted by Gasteiger charge is -2.22. The van der Waals surface area contributed by atoms with E-state index in [9.17, 15) is 10.2 Å². The molecule has 3 nitrogen and oxygen atoms in total. The molecule has 0 aromatic rings. The van der Waals surface area contributed by atoms with Gasteiger partial charge in [0.15, 0.2) is 0 Å². The normalized spacial score (nSPS) is 27.8. The molecule has 0 aliphatic heterocycles. The van der Waals surface area contributed by atoms with Crippen LogP contribution in [0.25, 0.3) is 0 Å². The number of rotatable bonds is 16. The zero-order chi connectivity index (χ0) is 22.7. The maximum absolute atomic E-state index is 10.6. The Hall–Kier alpha value is -0.640. The molecule has 1 fully saturated rings. The molecule has 0 saturated heterocycles. The highest BCUT2D eigenvalue weighted by Gasteiger charge is 2.43. The summed E-state index contributed by atoms with van der Waals surface area (Å²) >= 11 is 0. The van der Waals surface area contributed by atoms with Crippen molar-refractivity contribution in [2.75, 3.05) is 19.6 Å². The minimum absolute atomic E-state index is 0.215. The van der Waals surface area contributed by atoms with Crippen LogP contribution in [0.5, 0.6) is 0 Å². The first-order chi connectivity index (χ1) is 14.9. The molecule has 3 heteroatoms. The van der Waals surface area contributed by atoms with Crippen molar-refractivity contribution in [1.82, 2.24) is 4.90 Å². The lowest BCUT2D eigenvalue weighted by molar-refractivity contribution is 0.0513. The van der Waals surface area contributed by atoms with E-state index in [2.05, 4.69) is 43.9 Å². The highest BCUT2D eigenvalue weighted by atomic mass is 16.3. The summed E-state index contributed by atoms with van der Waals surface area (Å²) < 4.78 is 0. The van der Waals surface area contributed by atoms with Crippen LogP contribution in [0.15, 0.2) is 23.8 Å². The molecule has 180 valence electrons. The summed E-state index contributed by atoms with van der Waals surface area (Å²) in [5.74, 6) is 1.40. The number of aliphatic hydroxyl groups is 2. The molecule has 0 unspecified atom stereocenters. The first-order valence-corrected chi connectivity index (χ1v) is 13.4. The zero-order valence-corrected chi connectivity index (χ0v) is 21.0. The molecule has 2 aliphatic carbocycles. The van der Waals surface area contributed by atoms with Crippen LogP contribution in [0, 0.1) is 17.8 Å². The van der Waals surface area contributed by atoms with Crippen molar-refractivity contribution in [2.45, 2.75) is 116 Å². The predicted molar refractivity (Wildman–Crippen MR) is 133 cm³/mol. The van der Waals surface area contributed by atoms with E-state index >= 15 is 0 Å². The van der Waals surface area contributed by atoms with E-state index in [1.54, 1.807) is 5.57 Å². The van der Waals surface area contributed by atoms with Crippen LogP contribution >= 0.6 is 0 Å². The summed E-state index contributed by atoms with van der Waals surface area (Å²) in [6.07, 6.45) is 20.2. The van der Waals surface area contributed by atoms with E-state index in [4.69, 9.17) is 0 Å². The summed E-state index contributed by atoms with van der Waals surface area (Å²) in [6.45, 7) is 12.4. The third-order valence-electron chi connectivity index (χ3n) is 7.49. The van der Waals surface area contributed by atoms with Crippen molar-refractivity contribution in [2.24, 2.45) is 17.8 Å². The molecule has 0 aromatic carbocycles. The van der Waals surface area contributed by atoms with Crippen LogP contribution in [-0.4, -0.2) is 46.5 Å². The lowest BCUT2D eigenvalue weighted by Crippen LogP contribution is -2.26. The molecule has 2 rings (SSSR count). The fourth-order valence-corrected chi connectivity index (χ4v) is 5.76. The molecule has 0 spiro atoms. The molecule has 0 heterocycles. The van der Waals surface area contributed by atoms with E-state index < -0.39 is 5.60 Å². The maximum atomic E-state index is 10.6. The van der Waals surface area contributed by atoms with Gasteiger partial charge in [-0.1, -0.05) is 63.8 Å². The predicted octanol–water partition coefficient (Wildman–Crippen LogP) is 6.50. The van der Waals surface area contributed by atoms with Crippen LogP contribution in [0.2, 0.25) is 0 Å². The number of allylic oxidation sites excluding steroid dienone is 2. The van der Waals surface area contributed by atoms with Gasteiger partial charge in [-0.2, -0.15) is 0 Å². The summed E-state index contributed by atoms with van der Waals surface area (Å²) in [6, 6.07) is 0. The molecule has 0 radical (unpaired) electrons. The molecule has 0 aromatic heterocycles. The van der Waals surface area contributed by atoms with Crippen molar-refractivity contribution in [1.29, 1.82) is 0 Å². The molecule has 5 atom stereocenters. The van der Waals surface area contributed by atoms with Gasteiger partial charge >= 0.3 is 0 Å². The summed E-state index contributed by atoms with van der Waals surface area (Å²) in [7, 11) is 0. The Balaban J connectivity index is 1.71. The first-order valence-electron chi connectivity index (χ1n) is 13.4. The van der Waals surface area contributed by atoms with E-state index in [0.29, 0.717) is 18.3 Å². The van der Waals surface area contributed by atoms with E-state index in [1.165, 1.54) is 64.6 Å². The van der Waals surface area contributed by atoms with E-state index in [0.717, 1.165) is 25.7 Å². The van der Waals surface area contributed by atoms with Crippen LogP contribution in [0.1, 0.15) is 105 Å². The highest BCUT2D eigenvalue weighted by Crippen LogP contribution is 2.48. The summed E-state index contributed by atoms with van der Waals surface area (Å²) in [4.78, 5) is 2.62. The van der Waals surface area contributed by atoms with Crippen LogP contribution in [0.4, 0.5) is 0 Å². The average molecular weight is 434 g/mol. The Morgan fingerprint density at radius 1 is 1.03 bits per heavy atom. The van der Waals surface area contributed by atoms with Crippen LogP contribution in [0.3, 0.4) is 0 Å². The molecule has 0 bridgehead atoms. The monoisotopic (exact) mass is 433 g/mol. The molecule has 31 heavy (non-hydrogen) atoms. The Morgan fingerprint density at radius 2 is 1.77 bits per heavy atom. The maximum Gasteiger partial charge on any atom is 0.0654 e. The number of nitrogens with zero attached hydrogens (tertiary/aromatic N) is 1.